The van der Waals surface area contributed by atoms with Crippen molar-refractivity contribution in [2.45, 2.75) is 38.5 Å². The van der Waals surface area contributed by atoms with E-state index in [4.69, 9.17) is 11.6 Å². The molecule has 0 heterocycles. The van der Waals surface area contributed by atoms with E-state index in [0.29, 0.717) is 0 Å². The summed E-state index contributed by atoms with van der Waals surface area (Å²) in [5, 5.41) is -0.107. The van der Waals surface area contributed by atoms with Gasteiger partial charge >= 0.3 is 0 Å². The molecule has 0 bridgehead atoms. The molecule has 0 aromatic heterocycles. The van der Waals surface area contributed by atoms with Gasteiger partial charge in [-0.25, -0.2) is 0 Å². The predicted molar refractivity (Wildman–Crippen MR) is 49.0 cm³/mol. The van der Waals surface area contributed by atoms with Crippen molar-refractivity contribution in [3.63, 3.8) is 0 Å². The van der Waals surface area contributed by atoms with Gasteiger partial charge in [0, 0.05) is 5.92 Å². The van der Waals surface area contributed by atoms with Gasteiger partial charge in [-0.3, -0.25) is 4.79 Å². The summed E-state index contributed by atoms with van der Waals surface area (Å²) in [5.41, 5.74) is 0. The number of hydrogen-bond acceptors (Lipinski definition) is 1. The van der Waals surface area contributed by atoms with Crippen molar-refractivity contribution < 1.29 is 4.79 Å². The molecule has 0 aromatic carbocycles. The van der Waals surface area contributed by atoms with E-state index in [0.717, 1.165) is 24.7 Å². The Balaban J connectivity index is 1.80. The van der Waals surface area contributed by atoms with Crippen LogP contribution in [-0.2, 0) is 4.79 Å². The number of carbonyl (C=O) groups is 1. The van der Waals surface area contributed by atoms with E-state index in [1.54, 1.807) is 0 Å². The maximum atomic E-state index is 10.9. The molecule has 2 fully saturated rings. The largest absolute Gasteiger partial charge is 0.281 e. The fourth-order valence-corrected chi connectivity index (χ4v) is 2.60. The normalized spacial score (nSPS) is 36.4. The fourth-order valence-electron chi connectivity index (χ4n) is 2.39. The summed E-state index contributed by atoms with van der Waals surface area (Å²) in [7, 11) is 0. The summed E-state index contributed by atoms with van der Waals surface area (Å²) in [6.45, 7) is 0. The van der Waals surface area contributed by atoms with Crippen molar-refractivity contribution in [2.75, 3.05) is 0 Å². The highest BCUT2D eigenvalue weighted by Crippen LogP contribution is 2.45. The lowest BCUT2D eigenvalue weighted by molar-refractivity contribution is -0.116. The van der Waals surface area contributed by atoms with Crippen molar-refractivity contribution in [1.82, 2.24) is 0 Å². The van der Waals surface area contributed by atoms with E-state index >= 15 is 0 Å². The van der Waals surface area contributed by atoms with Crippen LogP contribution in [0.15, 0.2) is 0 Å². The van der Waals surface area contributed by atoms with Crippen molar-refractivity contribution in [3.05, 3.63) is 0 Å². The Labute approximate surface area is 78.5 Å². The number of halogens is 1. The second-order valence-corrected chi connectivity index (χ2v) is 4.63. The predicted octanol–water partition coefficient (Wildman–Crippen LogP) is 2.97. The maximum Gasteiger partial charge on any atom is 0.224 e. The second-order valence-electron chi connectivity index (χ2n) is 4.25. The van der Waals surface area contributed by atoms with Crippen molar-refractivity contribution in [2.24, 2.45) is 17.8 Å². The van der Waals surface area contributed by atoms with Crippen molar-refractivity contribution in [1.29, 1.82) is 0 Å². The van der Waals surface area contributed by atoms with Gasteiger partial charge in [-0.2, -0.15) is 0 Å². The fraction of sp³-hybridized carbons (Fsp3) is 0.900. The molecule has 0 aromatic rings. The third-order valence-corrected chi connectivity index (χ3v) is 3.69. The number of rotatable bonds is 2. The van der Waals surface area contributed by atoms with Gasteiger partial charge in [0.15, 0.2) is 0 Å². The molecule has 0 N–H and O–H groups in total. The minimum Gasteiger partial charge on any atom is -0.281 e. The molecule has 0 radical (unpaired) electrons. The van der Waals surface area contributed by atoms with Crippen LogP contribution in [-0.4, -0.2) is 5.24 Å². The molecular formula is C10H15ClO. The van der Waals surface area contributed by atoms with E-state index in [1.165, 1.54) is 25.7 Å². The van der Waals surface area contributed by atoms with Gasteiger partial charge < -0.3 is 0 Å². The van der Waals surface area contributed by atoms with E-state index in [2.05, 4.69) is 0 Å². The molecule has 0 saturated heterocycles. The third-order valence-electron chi connectivity index (χ3n) is 3.38. The van der Waals surface area contributed by atoms with Crippen molar-refractivity contribution in [3.8, 4) is 0 Å². The summed E-state index contributed by atoms with van der Waals surface area (Å²) in [6.07, 6.45) is 7.45. The Bertz CT molecular complexity index is 178. The van der Waals surface area contributed by atoms with Crippen LogP contribution in [0.5, 0.6) is 0 Å². The highest BCUT2D eigenvalue weighted by molar-refractivity contribution is 6.63. The summed E-state index contributed by atoms with van der Waals surface area (Å²) in [4.78, 5) is 10.9. The van der Waals surface area contributed by atoms with Crippen LogP contribution in [0.25, 0.3) is 0 Å². The molecule has 2 rings (SSSR count). The van der Waals surface area contributed by atoms with Gasteiger partial charge in [-0.05, 0) is 62.0 Å². The Kier molecular flexibility index (Phi) is 2.40. The molecule has 2 aliphatic carbocycles. The Morgan fingerprint density at radius 1 is 0.917 bits per heavy atom. The van der Waals surface area contributed by atoms with Crippen LogP contribution in [0.4, 0.5) is 0 Å². The molecule has 2 aliphatic rings. The minimum atomic E-state index is -0.107. The minimum absolute atomic E-state index is 0.107. The first-order valence-corrected chi connectivity index (χ1v) is 5.34. The summed E-state index contributed by atoms with van der Waals surface area (Å²) >= 11 is 5.46. The number of hydrogen-bond donors (Lipinski definition) is 0. The standard InChI is InChI=1S/C10H15ClO/c11-10(12)9-5-3-8(4-6-9)7-1-2-7/h7-9H,1-6H2. The van der Waals surface area contributed by atoms with Gasteiger partial charge in [0.25, 0.3) is 0 Å². The van der Waals surface area contributed by atoms with Crippen LogP contribution in [0, 0.1) is 17.8 Å². The quantitative estimate of drug-likeness (QED) is 0.606. The molecule has 2 heteroatoms. The molecule has 12 heavy (non-hydrogen) atoms. The van der Waals surface area contributed by atoms with Crippen LogP contribution < -0.4 is 0 Å². The zero-order valence-corrected chi connectivity index (χ0v) is 8.02. The molecule has 0 unspecified atom stereocenters. The lowest BCUT2D eigenvalue weighted by Gasteiger charge is -2.25. The highest BCUT2D eigenvalue weighted by atomic mass is 35.5. The Morgan fingerprint density at radius 3 is 1.67 bits per heavy atom. The highest BCUT2D eigenvalue weighted by Gasteiger charge is 2.35. The van der Waals surface area contributed by atoms with Gasteiger partial charge in [-0.1, -0.05) is 0 Å². The van der Waals surface area contributed by atoms with E-state index in [1.807, 2.05) is 0 Å². The molecule has 2 saturated carbocycles. The molecule has 0 spiro atoms. The van der Waals surface area contributed by atoms with Gasteiger partial charge in [0.05, 0.1) is 0 Å². The zero-order valence-electron chi connectivity index (χ0n) is 7.26. The lowest BCUT2D eigenvalue weighted by Crippen LogP contribution is -2.19. The first kappa shape index (κ1) is 8.55. The smallest absolute Gasteiger partial charge is 0.224 e. The maximum absolute atomic E-state index is 10.9. The molecule has 0 aliphatic heterocycles. The SMILES string of the molecule is O=C(Cl)C1CCC(C2CC2)CC1. The van der Waals surface area contributed by atoms with E-state index in [9.17, 15) is 4.79 Å². The summed E-state index contributed by atoms with van der Waals surface area (Å²) in [5.74, 6) is 2.12. The molecular weight excluding hydrogens is 172 g/mol. The third kappa shape index (κ3) is 1.82. The first-order chi connectivity index (χ1) is 5.77. The molecule has 68 valence electrons. The van der Waals surface area contributed by atoms with Crippen LogP contribution in [0.1, 0.15) is 38.5 Å². The summed E-state index contributed by atoms with van der Waals surface area (Å²) < 4.78 is 0. The average molecular weight is 187 g/mol. The molecule has 0 atom stereocenters. The monoisotopic (exact) mass is 186 g/mol. The van der Waals surface area contributed by atoms with Crippen LogP contribution in [0.3, 0.4) is 0 Å². The summed E-state index contributed by atoms with van der Waals surface area (Å²) in [6, 6.07) is 0. The first-order valence-electron chi connectivity index (χ1n) is 4.96. The van der Waals surface area contributed by atoms with Gasteiger partial charge in [-0.15, -0.1) is 0 Å². The van der Waals surface area contributed by atoms with Gasteiger partial charge in [0.2, 0.25) is 5.24 Å². The van der Waals surface area contributed by atoms with E-state index < -0.39 is 0 Å². The van der Waals surface area contributed by atoms with Gasteiger partial charge in [0.1, 0.15) is 0 Å². The van der Waals surface area contributed by atoms with Crippen LogP contribution >= 0.6 is 11.6 Å². The zero-order chi connectivity index (χ0) is 8.55. The van der Waals surface area contributed by atoms with E-state index in [-0.39, 0.29) is 11.2 Å². The average Bonchev–Trinajstić information content (AvgIpc) is 2.87. The lowest BCUT2D eigenvalue weighted by atomic mass is 9.80. The molecule has 1 nitrogen and oxygen atoms in total. The Morgan fingerprint density at radius 2 is 1.33 bits per heavy atom. The van der Waals surface area contributed by atoms with Crippen LogP contribution in [0.2, 0.25) is 0 Å². The topological polar surface area (TPSA) is 17.1 Å². The van der Waals surface area contributed by atoms with Crippen molar-refractivity contribution >= 4 is 16.8 Å². The number of carbonyl (C=O) groups excluding carboxylic acids is 1. The second kappa shape index (κ2) is 3.37. The Hall–Kier alpha value is -0.0400. The molecule has 0 amide bonds.